The van der Waals surface area contributed by atoms with Gasteiger partial charge in [-0.25, -0.2) is 8.42 Å². The zero-order valence-corrected chi connectivity index (χ0v) is 17.1. The number of carbonyl (C=O) groups is 1. The van der Waals surface area contributed by atoms with E-state index in [2.05, 4.69) is 15.4 Å². The molecular formula is C19H24ClN3O4S. The van der Waals surface area contributed by atoms with Gasteiger partial charge < -0.3 is 15.4 Å². The van der Waals surface area contributed by atoms with Gasteiger partial charge in [0, 0.05) is 36.8 Å². The lowest BCUT2D eigenvalue weighted by atomic mass is 10.0. The molecule has 2 aromatic carbocycles. The summed E-state index contributed by atoms with van der Waals surface area (Å²) < 4.78 is 32.9. The minimum atomic E-state index is -3.75. The van der Waals surface area contributed by atoms with Crippen molar-refractivity contribution in [3.8, 4) is 5.75 Å². The molecule has 0 aliphatic carbocycles. The molecule has 0 atom stereocenters. The van der Waals surface area contributed by atoms with Gasteiger partial charge in [0.25, 0.3) is 15.9 Å². The zero-order chi connectivity index (χ0) is 19.3. The number of hydrogen-bond acceptors (Lipinski definition) is 5. The molecule has 9 heteroatoms. The summed E-state index contributed by atoms with van der Waals surface area (Å²) in [4.78, 5) is 12.4. The zero-order valence-electron chi connectivity index (χ0n) is 15.5. The van der Waals surface area contributed by atoms with Crippen LogP contribution in [0, 0.1) is 5.92 Å². The summed E-state index contributed by atoms with van der Waals surface area (Å²) in [6.07, 6.45) is 0. The number of halogens is 1. The molecule has 0 spiro atoms. The van der Waals surface area contributed by atoms with Crippen LogP contribution in [0.1, 0.15) is 17.3 Å². The summed E-state index contributed by atoms with van der Waals surface area (Å²) >= 11 is 0. The van der Waals surface area contributed by atoms with Crippen LogP contribution in [-0.4, -0.2) is 40.6 Å². The fourth-order valence-corrected chi connectivity index (χ4v) is 3.70. The SMILES string of the molecule is CCOc1ccc(S(=O)(=O)Nc2cccc(C(=O)NCC3CNC3)c2)cc1.Cl. The third-order valence-electron chi connectivity index (χ3n) is 4.24. The molecule has 0 unspecified atom stereocenters. The van der Waals surface area contributed by atoms with Crippen LogP contribution >= 0.6 is 12.4 Å². The maximum Gasteiger partial charge on any atom is 0.261 e. The van der Waals surface area contributed by atoms with Gasteiger partial charge in [-0.15, -0.1) is 12.4 Å². The van der Waals surface area contributed by atoms with Crippen LogP contribution in [0.3, 0.4) is 0 Å². The smallest absolute Gasteiger partial charge is 0.261 e. The highest BCUT2D eigenvalue weighted by Crippen LogP contribution is 2.20. The molecule has 1 aliphatic rings. The number of ether oxygens (including phenoxy) is 1. The third kappa shape index (κ3) is 5.60. The molecule has 0 bridgehead atoms. The summed E-state index contributed by atoms with van der Waals surface area (Å²) in [5.74, 6) is 0.844. The number of amides is 1. The number of sulfonamides is 1. The topological polar surface area (TPSA) is 96.5 Å². The Morgan fingerprint density at radius 2 is 1.89 bits per heavy atom. The van der Waals surface area contributed by atoms with Crippen LogP contribution in [-0.2, 0) is 10.0 Å². The van der Waals surface area contributed by atoms with E-state index in [1.807, 2.05) is 6.92 Å². The monoisotopic (exact) mass is 425 g/mol. The minimum absolute atomic E-state index is 0. The lowest BCUT2D eigenvalue weighted by Crippen LogP contribution is -2.48. The number of anilines is 1. The van der Waals surface area contributed by atoms with Gasteiger partial charge in [0.15, 0.2) is 0 Å². The van der Waals surface area contributed by atoms with E-state index in [9.17, 15) is 13.2 Å². The van der Waals surface area contributed by atoms with E-state index in [-0.39, 0.29) is 23.2 Å². The second kappa shape index (κ2) is 9.77. The summed E-state index contributed by atoms with van der Waals surface area (Å²) in [5, 5.41) is 6.02. The normalized spacial score (nSPS) is 13.8. The first-order valence-corrected chi connectivity index (χ1v) is 10.3. The molecule has 3 N–H and O–H groups in total. The standard InChI is InChI=1S/C19H23N3O4S.ClH/c1-2-26-17-6-8-18(9-7-17)27(24,25)22-16-5-3-4-15(10-16)19(23)21-13-14-11-20-12-14;/h3-10,14,20,22H,2,11-13H2,1H3,(H,21,23);1H. The van der Waals surface area contributed by atoms with Crippen molar-refractivity contribution in [3.05, 3.63) is 54.1 Å². The van der Waals surface area contributed by atoms with Crippen molar-refractivity contribution in [2.45, 2.75) is 11.8 Å². The average molecular weight is 426 g/mol. The molecule has 0 radical (unpaired) electrons. The number of hydrogen-bond donors (Lipinski definition) is 3. The first-order chi connectivity index (χ1) is 13.0. The maximum atomic E-state index is 12.6. The van der Waals surface area contributed by atoms with Crippen LogP contribution in [0.4, 0.5) is 5.69 Å². The Labute approximate surface area is 171 Å². The predicted molar refractivity (Wildman–Crippen MR) is 111 cm³/mol. The summed E-state index contributed by atoms with van der Waals surface area (Å²) in [6.45, 7) is 4.79. The lowest BCUT2D eigenvalue weighted by Gasteiger charge is -2.27. The van der Waals surface area contributed by atoms with Gasteiger partial charge in [-0.05, 0) is 49.4 Å². The molecule has 28 heavy (non-hydrogen) atoms. The van der Waals surface area contributed by atoms with Crippen LogP contribution in [0.5, 0.6) is 5.75 Å². The van der Waals surface area contributed by atoms with Crippen LogP contribution in [0.2, 0.25) is 0 Å². The molecular weight excluding hydrogens is 402 g/mol. The van der Waals surface area contributed by atoms with E-state index in [4.69, 9.17) is 4.74 Å². The molecule has 1 heterocycles. The van der Waals surface area contributed by atoms with Gasteiger partial charge in [0.05, 0.1) is 11.5 Å². The Kier molecular flexibility index (Phi) is 7.68. The largest absolute Gasteiger partial charge is 0.494 e. The molecule has 7 nitrogen and oxygen atoms in total. The van der Waals surface area contributed by atoms with Crippen molar-refractivity contribution in [1.29, 1.82) is 0 Å². The Bertz CT molecular complexity index is 900. The Balaban J connectivity index is 0.00000280. The van der Waals surface area contributed by atoms with Gasteiger partial charge in [0.1, 0.15) is 5.75 Å². The first kappa shape index (κ1) is 22.0. The Morgan fingerprint density at radius 1 is 1.18 bits per heavy atom. The fourth-order valence-electron chi connectivity index (χ4n) is 2.65. The van der Waals surface area contributed by atoms with Gasteiger partial charge in [-0.3, -0.25) is 9.52 Å². The molecule has 2 aromatic rings. The molecule has 0 aromatic heterocycles. The van der Waals surface area contributed by atoms with E-state index in [0.717, 1.165) is 13.1 Å². The number of nitrogens with one attached hydrogen (secondary N) is 3. The van der Waals surface area contributed by atoms with Crippen molar-refractivity contribution in [1.82, 2.24) is 10.6 Å². The van der Waals surface area contributed by atoms with Crippen LogP contribution in [0.25, 0.3) is 0 Å². The van der Waals surface area contributed by atoms with Gasteiger partial charge in [0.2, 0.25) is 0 Å². The molecule has 0 saturated carbocycles. The van der Waals surface area contributed by atoms with Gasteiger partial charge in [-0.1, -0.05) is 6.07 Å². The minimum Gasteiger partial charge on any atom is -0.494 e. The molecule has 1 amide bonds. The lowest BCUT2D eigenvalue weighted by molar-refractivity contribution is 0.0942. The predicted octanol–water partition coefficient (Wildman–Crippen LogP) is 2.26. The Morgan fingerprint density at radius 3 is 2.50 bits per heavy atom. The second-order valence-electron chi connectivity index (χ2n) is 6.33. The summed E-state index contributed by atoms with van der Waals surface area (Å²) in [5.41, 5.74) is 0.746. The van der Waals surface area contributed by atoms with Crippen molar-refractivity contribution < 1.29 is 17.9 Å². The second-order valence-corrected chi connectivity index (χ2v) is 8.01. The molecule has 1 saturated heterocycles. The highest BCUT2D eigenvalue weighted by atomic mass is 35.5. The van der Waals surface area contributed by atoms with Crippen molar-refractivity contribution in [2.24, 2.45) is 5.92 Å². The average Bonchev–Trinajstić information content (AvgIpc) is 2.61. The summed E-state index contributed by atoms with van der Waals surface area (Å²) in [7, 11) is -3.75. The van der Waals surface area contributed by atoms with E-state index in [1.54, 1.807) is 30.3 Å². The maximum absolute atomic E-state index is 12.6. The first-order valence-electron chi connectivity index (χ1n) is 8.82. The summed E-state index contributed by atoms with van der Waals surface area (Å²) in [6, 6.07) is 12.6. The van der Waals surface area contributed by atoms with Crippen molar-refractivity contribution >= 4 is 34.0 Å². The molecule has 1 aliphatic heterocycles. The number of carbonyl (C=O) groups excluding carboxylic acids is 1. The highest BCUT2D eigenvalue weighted by Gasteiger charge is 2.18. The van der Waals surface area contributed by atoms with Gasteiger partial charge in [-0.2, -0.15) is 0 Å². The van der Waals surface area contributed by atoms with E-state index >= 15 is 0 Å². The van der Waals surface area contributed by atoms with Crippen LogP contribution in [0.15, 0.2) is 53.4 Å². The Hall–Kier alpha value is -2.29. The molecule has 152 valence electrons. The van der Waals surface area contributed by atoms with Crippen LogP contribution < -0.4 is 20.1 Å². The quantitative estimate of drug-likeness (QED) is 0.602. The number of rotatable bonds is 8. The highest BCUT2D eigenvalue weighted by molar-refractivity contribution is 7.92. The van der Waals surface area contributed by atoms with Gasteiger partial charge >= 0.3 is 0 Å². The number of benzene rings is 2. The van der Waals surface area contributed by atoms with Crippen molar-refractivity contribution in [2.75, 3.05) is 31.0 Å². The fraction of sp³-hybridized carbons (Fsp3) is 0.316. The van der Waals surface area contributed by atoms with Crippen molar-refractivity contribution in [3.63, 3.8) is 0 Å². The molecule has 1 fully saturated rings. The van der Waals surface area contributed by atoms with E-state index in [0.29, 0.717) is 36.1 Å². The molecule has 3 rings (SSSR count). The van der Waals surface area contributed by atoms with E-state index < -0.39 is 10.0 Å². The third-order valence-corrected chi connectivity index (χ3v) is 5.64. The van der Waals surface area contributed by atoms with E-state index in [1.165, 1.54) is 18.2 Å².